The summed E-state index contributed by atoms with van der Waals surface area (Å²) >= 11 is 0. The minimum absolute atomic E-state index is 0.278. The second-order valence-electron chi connectivity index (χ2n) is 4.86. The average Bonchev–Trinajstić information content (AvgIpc) is 2.54. The molecule has 0 spiro atoms. The van der Waals surface area contributed by atoms with Crippen LogP contribution in [-0.2, 0) is 4.74 Å². The predicted molar refractivity (Wildman–Crippen MR) is 73.9 cm³/mol. The molecular weight excluding hydrogens is 296 g/mol. The molecule has 0 unspecified atom stereocenters. The van der Waals surface area contributed by atoms with Crippen LogP contribution in [0.15, 0.2) is 18.2 Å². The van der Waals surface area contributed by atoms with Gasteiger partial charge in [0.25, 0.3) is 0 Å². The smallest absolute Gasteiger partial charge is 0.229 e. The Kier molecular flexibility index (Phi) is 5.43. The summed E-state index contributed by atoms with van der Waals surface area (Å²) in [6.07, 6.45) is -6.69. The molecule has 0 saturated carbocycles. The summed E-state index contributed by atoms with van der Waals surface area (Å²) in [6.45, 7) is -0.522. The molecule has 0 aromatic heterocycles. The zero-order valence-corrected chi connectivity index (χ0v) is 12.2. The maximum absolute atomic E-state index is 9.93. The van der Waals surface area contributed by atoms with Crippen molar-refractivity contribution in [1.29, 1.82) is 0 Å². The van der Waals surface area contributed by atoms with Crippen LogP contribution in [0.25, 0.3) is 0 Å². The van der Waals surface area contributed by atoms with Gasteiger partial charge in [-0.25, -0.2) is 0 Å². The molecule has 22 heavy (non-hydrogen) atoms. The highest BCUT2D eigenvalue weighted by Crippen LogP contribution is 2.30. The maximum Gasteiger partial charge on any atom is 0.229 e. The van der Waals surface area contributed by atoms with E-state index in [0.29, 0.717) is 11.5 Å². The van der Waals surface area contributed by atoms with E-state index in [1.165, 1.54) is 14.2 Å². The fourth-order valence-corrected chi connectivity index (χ4v) is 2.15. The number of benzene rings is 1. The first kappa shape index (κ1) is 16.8. The molecule has 1 aliphatic rings. The average molecular weight is 316 g/mol. The van der Waals surface area contributed by atoms with Gasteiger partial charge in [0.2, 0.25) is 6.29 Å². The van der Waals surface area contributed by atoms with E-state index in [1.54, 1.807) is 18.2 Å². The summed E-state index contributed by atoms with van der Waals surface area (Å²) in [5, 5.41) is 38.5. The number of methoxy groups -OCH3 is 2. The zero-order valence-electron chi connectivity index (χ0n) is 12.2. The lowest BCUT2D eigenvalue weighted by molar-refractivity contribution is -0.277. The normalized spacial score (nSPS) is 31.6. The molecule has 0 radical (unpaired) electrons. The van der Waals surface area contributed by atoms with Crippen molar-refractivity contribution >= 4 is 0 Å². The van der Waals surface area contributed by atoms with Crippen molar-refractivity contribution in [3.8, 4) is 17.2 Å². The largest absolute Gasteiger partial charge is 0.496 e. The third-order valence-electron chi connectivity index (χ3n) is 3.43. The number of hydrogen-bond donors (Lipinski definition) is 4. The molecule has 5 atom stereocenters. The number of aliphatic hydroxyl groups excluding tert-OH is 4. The first-order valence-corrected chi connectivity index (χ1v) is 6.70. The number of ether oxygens (including phenoxy) is 4. The Morgan fingerprint density at radius 3 is 1.95 bits per heavy atom. The lowest BCUT2D eigenvalue weighted by atomic mass is 9.99. The SMILES string of the molecule is COc1cc(OC)cc(O[C@@H]2O[C@H](CO)[C@@H](O)[C@H](O)[C@H]2O)c1. The van der Waals surface area contributed by atoms with Gasteiger partial charge < -0.3 is 39.4 Å². The number of aliphatic hydroxyl groups is 4. The van der Waals surface area contributed by atoms with Crippen LogP contribution in [-0.4, -0.2) is 72.0 Å². The molecule has 0 aliphatic carbocycles. The molecule has 1 aliphatic heterocycles. The lowest BCUT2D eigenvalue weighted by Gasteiger charge is -2.39. The van der Waals surface area contributed by atoms with Gasteiger partial charge in [0, 0.05) is 18.2 Å². The van der Waals surface area contributed by atoms with Crippen LogP contribution >= 0.6 is 0 Å². The molecule has 8 heteroatoms. The molecule has 0 amide bonds. The van der Waals surface area contributed by atoms with Crippen LogP contribution in [0.2, 0.25) is 0 Å². The van der Waals surface area contributed by atoms with E-state index in [-0.39, 0.29) is 5.75 Å². The third kappa shape index (κ3) is 3.42. The van der Waals surface area contributed by atoms with E-state index in [4.69, 9.17) is 24.1 Å². The lowest BCUT2D eigenvalue weighted by Crippen LogP contribution is -2.60. The molecule has 124 valence electrons. The molecule has 8 nitrogen and oxygen atoms in total. The minimum atomic E-state index is -1.50. The summed E-state index contributed by atoms with van der Waals surface area (Å²) in [5.41, 5.74) is 0. The number of rotatable bonds is 5. The monoisotopic (exact) mass is 316 g/mol. The van der Waals surface area contributed by atoms with E-state index in [0.717, 1.165) is 0 Å². The number of hydrogen-bond acceptors (Lipinski definition) is 8. The molecular formula is C14H20O8. The van der Waals surface area contributed by atoms with Gasteiger partial charge in [-0.05, 0) is 0 Å². The van der Waals surface area contributed by atoms with Crippen LogP contribution in [0.1, 0.15) is 0 Å². The van der Waals surface area contributed by atoms with E-state index in [2.05, 4.69) is 0 Å². The molecule has 2 rings (SSSR count). The Morgan fingerprint density at radius 2 is 1.45 bits per heavy atom. The molecule has 1 fully saturated rings. The highest BCUT2D eigenvalue weighted by Gasteiger charge is 2.44. The second kappa shape index (κ2) is 7.12. The topological polar surface area (TPSA) is 118 Å². The first-order chi connectivity index (χ1) is 10.5. The van der Waals surface area contributed by atoms with Crippen molar-refractivity contribution in [2.45, 2.75) is 30.7 Å². The molecule has 4 N–H and O–H groups in total. The maximum atomic E-state index is 9.93. The van der Waals surface area contributed by atoms with Gasteiger partial charge in [-0.15, -0.1) is 0 Å². The molecule has 1 saturated heterocycles. The van der Waals surface area contributed by atoms with Gasteiger partial charge in [0.1, 0.15) is 41.7 Å². The van der Waals surface area contributed by atoms with Crippen molar-refractivity contribution in [3.05, 3.63) is 18.2 Å². The molecule has 1 heterocycles. The molecule has 0 bridgehead atoms. The van der Waals surface area contributed by atoms with Crippen molar-refractivity contribution in [1.82, 2.24) is 0 Å². The van der Waals surface area contributed by atoms with Crippen molar-refractivity contribution in [2.75, 3.05) is 20.8 Å². The van der Waals surface area contributed by atoms with Crippen LogP contribution in [0.4, 0.5) is 0 Å². The Balaban J connectivity index is 2.18. The molecule has 1 aromatic carbocycles. The van der Waals surface area contributed by atoms with Crippen LogP contribution in [0.3, 0.4) is 0 Å². The minimum Gasteiger partial charge on any atom is -0.496 e. The highest BCUT2D eigenvalue weighted by atomic mass is 16.7. The summed E-state index contributed by atoms with van der Waals surface area (Å²) in [6, 6.07) is 4.73. The fourth-order valence-electron chi connectivity index (χ4n) is 2.15. The Morgan fingerprint density at radius 1 is 0.909 bits per heavy atom. The highest BCUT2D eigenvalue weighted by molar-refractivity contribution is 5.42. The van der Waals surface area contributed by atoms with E-state index < -0.39 is 37.3 Å². The van der Waals surface area contributed by atoms with Crippen molar-refractivity contribution < 1.29 is 39.4 Å². The fraction of sp³-hybridized carbons (Fsp3) is 0.571. The van der Waals surface area contributed by atoms with Gasteiger partial charge in [-0.3, -0.25) is 0 Å². The Bertz CT molecular complexity index is 469. The van der Waals surface area contributed by atoms with E-state index >= 15 is 0 Å². The standard InChI is InChI=1S/C14H20O8/c1-19-7-3-8(20-2)5-9(4-7)21-14-13(18)12(17)11(16)10(6-15)22-14/h3-5,10-18H,6H2,1-2H3/t10-,11-,12+,13-,14-/m1/s1. The van der Waals surface area contributed by atoms with Gasteiger partial charge in [0.15, 0.2) is 0 Å². The van der Waals surface area contributed by atoms with Crippen LogP contribution in [0, 0.1) is 0 Å². The Hall–Kier alpha value is -1.58. The summed E-state index contributed by atoms with van der Waals surface area (Å²) in [5.74, 6) is 1.22. The quantitative estimate of drug-likeness (QED) is 0.540. The molecule has 1 aromatic rings. The summed E-state index contributed by atoms with van der Waals surface area (Å²) < 4.78 is 21.0. The van der Waals surface area contributed by atoms with Gasteiger partial charge in [-0.1, -0.05) is 0 Å². The zero-order chi connectivity index (χ0) is 16.3. The summed E-state index contributed by atoms with van der Waals surface area (Å²) in [7, 11) is 2.96. The third-order valence-corrected chi connectivity index (χ3v) is 3.43. The van der Waals surface area contributed by atoms with Gasteiger partial charge in [-0.2, -0.15) is 0 Å². The van der Waals surface area contributed by atoms with Gasteiger partial charge in [0.05, 0.1) is 20.8 Å². The van der Waals surface area contributed by atoms with Gasteiger partial charge >= 0.3 is 0 Å². The van der Waals surface area contributed by atoms with E-state index in [9.17, 15) is 15.3 Å². The van der Waals surface area contributed by atoms with Crippen molar-refractivity contribution in [3.63, 3.8) is 0 Å². The summed E-state index contributed by atoms with van der Waals surface area (Å²) in [4.78, 5) is 0. The van der Waals surface area contributed by atoms with Crippen LogP contribution < -0.4 is 14.2 Å². The first-order valence-electron chi connectivity index (χ1n) is 6.70. The van der Waals surface area contributed by atoms with E-state index in [1.807, 2.05) is 0 Å². The second-order valence-corrected chi connectivity index (χ2v) is 4.86. The van der Waals surface area contributed by atoms with Crippen molar-refractivity contribution in [2.24, 2.45) is 0 Å². The van der Waals surface area contributed by atoms with Crippen LogP contribution in [0.5, 0.6) is 17.2 Å². The Labute approximate surface area is 127 Å². The predicted octanol–water partition coefficient (Wildman–Crippen LogP) is -1.12.